The van der Waals surface area contributed by atoms with Gasteiger partial charge in [0.2, 0.25) is 5.91 Å². The first-order valence-corrected chi connectivity index (χ1v) is 7.62. The fourth-order valence-electron chi connectivity index (χ4n) is 2.22. The lowest BCUT2D eigenvalue weighted by Crippen LogP contribution is -2.13. The molecular formula is C19H23NO2. The van der Waals surface area contributed by atoms with E-state index in [-0.39, 0.29) is 5.91 Å². The first-order chi connectivity index (χ1) is 10.6. The van der Waals surface area contributed by atoms with Crippen LogP contribution in [0.4, 0.5) is 5.69 Å². The van der Waals surface area contributed by atoms with Crippen LogP contribution in [0.15, 0.2) is 42.5 Å². The second-order valence-electron chi connectivity index (χ2n) is 5.51. The van der Waals surface area contributed by atoms with E-state index in [1.807, 2.05) is 43.3 Å². The van der Waals surface area contributed by atoms with E-state index in [4.69, 9.17) is 4.74 Å². The molecule has 3 nitrogen and oxygen atoms in total. The number of rotatable bonds is 6. The third kappa shape index (κ3) is 4.35. The molecule has 0 saturated heterocycles. The van der Waals surface area contributed by atoms with Crippen molar-refractivity contribution in [3.05, 3.63) is 59.2 Å². The van der Waals surface area contributed by atoms with Crippen molar-refractivity contribution in [3.63, 3.8) is 0 Å². The van der Waals surface area contributed by atoms with Gasteiger partial charge < -0.3 is 10.1 Å². The molecule has 0 spiro atoms. The molecule has 3 heteroatoms. The molecule has 0 aliphatic carbocycles. The van der Waals surface area contributed by atoms with E-state index in [0.29, 0.717) is 19.4 Å². The van der Waals surface area contributed by atoms with Crippen LogP contribution in [0.2, 0.25) is 0 Å². The third-order valence-corrected chi connectivity index (χ3v) is 3.78. The Balaban J connectivity index is 1.76. The molecule has 1 amide bonds. The maximum absolute atomic E-state index is 11.9. The van der Waals surface area contributed by atoms with Gasteiger partial charge in [0.15, 0.2) is 0 Å². The minimum atomic E-state index is 0.0267. The Morgan fingerprint density at radius 2 is 1.73 bits per heavy atom. The van der Waals surface area contributed by atoms with Gasteiger partial charge in [-0.05, 0) is 56.0 Å². The van der Waals surface area contributed by atoms with E-state index in [2.05, 4.69) is 25.2 Å². The van der Waals surface area contributed by atoms with Crippen molar-refractivity contribution in [3.8, 4) is 5.75 Å². The quantitative estimate of drug-likeness (QED) is 0.802. The first-order valence-electron chi connectivity index (χ1n) is 7.62. The summed E-state index contributed by atoms with van der Waals surface area (Å²) in [7, 11) is 0. The van der Waals surface area contributed by atoms with Crippen LogP contribution in [0.3, 0.4) is 0 Å². The molecule has 0 radical (unpaired) electrons. The number of amides is 1. The minimum Gasteiger partial charge on any atom is -0.493 e. The van der Waals surface area contributed by atoms with Gasteiger partial charge in [0.05, 0.1) is 6.61 Å². The molecule has 0 heterocycles. The van der Waals surface area contributed by atoms with Crippen molar-refractivity contribution in [2.45, 2.75) is 33.6 Å². The molecule has 0 aromatic heterocycles. The van der Waals surface area contributed by atoms with E-state index in [1.165, 1.54) is 5.56 Å². The second-order valence-corrected chi connectivity index (χ2v) is 5.51. The van der Waals surface area contributed by atoms with Crippen LogP contribution in [0.1, 0.15) is 29.5 Å². The summed E-state index contributed by atoms with van der Waals surface area (Å²) in [6.07, 6.45) is 1.16. The van der Waals surface area contributed by atoms with Gasteiger partial charge in [-0.1, -0.05) is 30.3 Å². The Morgan fingerprint density at radius 1 is 1.00 bits per heavy atom. The first kappa shape index (κ1) is 16.1. The van der Waals surface area contributed by atoms with E-state index >= 15 is 0 Å². The Morgan fingerprint density at radius 3 is 2.50 bits per heavy atom. The highest BCUT2D eigenvalue weighted by Crippen LogP contribution is 2.20. The summed E-state index contributed by atoms with van der Waals surface area (Å²) in [5.41, 5.74) is 4.33. The van der Waals surface area contributed by atoms with Crippen molar-refractivity contribution in [1.29, 1.82) is 0 Å². The number of benzene rings is 2. The molecule has 0 saturated carbocycles. The zero-order valence-electron chi connectivity index (χ0n) is 13.5. The average molecular weight is 297 g/mol. The van der Waals surface area contributed by atoms with Gasteiger partial charge in [-0.15, -0.1) is 0 Å². The number of anilines is 1. The highest BCUT2D eigenvalue weighted by Gasteiger charge is 2.05. The highest BCUT2D eigenvalue weighted by atomic mass is 16.5. The number of carbonyl (C=O) groups is 1. The van der Waals surface area contributed by atoms with Crippen molar-refractivity contribution >= 4 is 11.6 Å². The van der Waals surface area contributed by atoms with Crippen molar-refractivity contribution in [2.75, 3.05) is 11.9 Å². The summed E-state index contributed by atoms with van der Waals surface area (Å²) in [4.78, 5) is 11.9. The largest absolute Gasteiger partial charge is 0.493 e. The lowest BCUT2D eigenvalue weighted by molar-refractivity contribution is -0.116. The van der Waals surface area contributed by atoms with E-state index in [1.54, 1.807) is 0 Å². The van der Waals surface area contributed by atoms with Gasteiger partial charge in [0.1, 0.15) is 5.75 Å². The molecule has 0 fully saturated rings. The number of ether oxygens (including phenoxy) is 1. The summed E-state index contributed by atoms with van der Waals surface area (Å²) < 4.78 is 5.76. The van der Waals surface area contributed by atoms with Crippen LogP contribution in [-0.2, 0) is 4.79 Å². The van der Waals surface area contributed by atoms with Crippen molar-refractivity contribution in [1.82, 2.24) is 0 Å². The smallest absolute Gasteiger partial charge is 0.224 e. The van der Waals surface area contributed by atoms with E-state index < -0.39 is 0 Å². The molecule has 2 aromatic rings. The number of aryl methyl sites for hydroxylation is 2. The maximum Gasteiger partial charge on any atom is 0.224 e. The molecule has 0 bridgehead atoms. The molecule has 22 heavy (non-hydrogen) atoms. The highest BCUT2D eigenvalue weighted by molar-refractivity contribution is 5.91. The standard InChI is InChI=1S/C19H23NO2/c1-14-9-6-11-18(16(14)3)22-13-7-12-19(21)20-17-10-5-4-8-15(17)2/h4-6,8-11H,7,12-13H2,1-3H3,(H,20,21). The number of nitrogens with one attached hydrogen (secondary N) is 1. The van der Waals surface area contributed by atoms with Crippen molar-refractivity contribution < 1.29 is 9.53 Å². The number of para-hydroxylation sites is 1. The SMILES string of the molecule is Cc1ccccc1NC(=O)CCCOc1cccc(C)c1C. The fourth-order valence-corrected chi connectivity index (χ4v) is 2.22. The third-order valence-electron chi connectivity index (χ3n) is 3.78. The van der Waals surface area contributed by atoms with Crippen LogP contribution >= 0.6 is 0 Å². The topological polar surface area (TPSA) is 38.3 Å². The van der Waals surface area contributed by atoms with Crippen molar-refractivity contribution in [2.24, 2.45) is 0 Å². The number of hydrogen-bond acceptors (Lipinski definition) is 2. The molecule has 2 rings (SSSR count). The summed E-state index contributed by atoms with van der Waals surface area (Å²) in [6.45, 7) is 6.65. The summed E-state index contributed by atoms with van der Waals surface area (Å²) in [5, 5.41) is 2.93. The van der Waals surface area contributed by atoms with Gasteiger partial charge in [-0.25, -0.2) is 0 Å². The minimum absolute atomic E-state index is 0.0267. The fraction of sp³-hybridized carbons (Fsp3) is 0.316. The predicted octanol–water partition coefficient (Wildman–Crippen LogP) is 4.41. The van der Waals surface area contributed by atoms with Crippen LogP contribution in [-0.4, -0.2) is 12.5 Å². The maximum atomic E-state index is 11.9. The average Bonchev–Trinajstić information content (AvgIpc) is 2.50. The Kier molecular flexibility index (Phi) is 5.59. The van der Waals surface area contributed by atoms with Crippen LogP contribution in [0.25, 0.3) is 0 Å². The lowest BCUT2D eigenvalue weighted by atomic mass is 10.1. The normalized spacial score (nSPS) is 10.3. The molecular weight excluding hydrogens is 274 g/mol. The summed E-state index contributed by atoms with van der Waals surface area (Å²) >= 11 is 0. The molecule has 2 aromatic carbocycles. The Labute approximate surface area is 132 Å². The van der Waals surface area contributed by atoms with Crippen LogP contribution in [0, 0.1) is 20.8 Å². The lowest BCUT2D eigenvalue weighted by Gasteiger charge is -2.11. The second kappa shape index (κ2) is 7.64. The number of carbonyl (C=O) groups excluding carboxylic acids is 1. The molecule has 0 atom stereocenters. The molecule has 0 unspecified atom stereocenters. The number of hydrogen-bond donors (Lipinski definition) is 1. The van der Waals surface area contributed by atoms with Gasteiger partial charge in [0, 0.05) is 12.1 Å². The summed E-state index contributed by atoms with van der Waals surface area (Å²) in [5.74, 6) is 0.929. The van der Waals surface area contributed by atoms with Gasteiger partial charge >= 0.3 is 0 Å². The monoisotopic (exact) mass is 297 g/mol. The van der Waals surface area contributed by atoms with Crippen LogP contribution < -0.4 is 10.1 Å². The zero-order valence-corrected chi connectivity index (χ0v) is 13.5. The Bertz CT molecular complexity index is 650. The molecule has 0 aliphatic rings. The van der Waals surface area contributed by atoms with Crippen LogP contribution in [0.5, 0.6) is 5.75 Å². The Hall–Kier alpha value is -2.29. The molecule has 1 N–H and O–H groups in total. The zero-order chi connectivity index (χ0) is 15.9. The van der Waals surface area contributed by atoms with E-state index in [9.17, 15) is 4.79 Å². The van der Waals surface area contributed by atoms with E-state index in [0.717, 1.165) is 22.6 Å². The predicted molar refractivity (Wildman–Crippen MR) is 90.5 cm³/mol. The van der Waals surface area contributed by atoms with Gasteiger partial charge in [0.25, 0.3) is 0 Å². The summed E-state index contributed by atoms with van der Waals surface area (Å²) in [6, 6.07) is 13.8. The van der Waals surface area contributed by atoms with Gasteiger partial charge in [-0.3, -0.25) is 4.79 Å². The molecule has 116 valence electrons. The molecule has 0 aliphatic heterocycles. The van der Waals surface area contributed by atoms with Gasteiger partial charge in [-0.2, -0.15) is 0 Å².